The highest BCUT2D eigenvalue weighted by Crippen LogP contribution is 2.38. The maximum absolute atomic E-state index is 13.2. The predicted octanol–water partition coefficient (Wildman–Crippen LogP) is 3.48. The van der Waals surface area contributed by atoms with Crippen molar-refractivity contribution in [2.45, 2.75) is 38.8 Å². The van der Waals surface area contributed by atoms with E-state index in [1.807, 2.05) is 13.8 Å². The summed E-state index contributed by atoms with van der Waals surface area (Å²) >= 11 is 0. The Hall–Kier alpha value is -2.41. The monoisotopic (exact) mass is 372 g/mol. The number of likely N-dealkylation sites (tertiary alicyclic amines) is 1. The van der Waals surface area contributed by atoms with Crippen LogP contribution in [0.15, 0.2) is 30.6 Å². The molecule has 0 saturated carbocycles. The molecular weight excluding hydrogens is 347 g/mol. The predicted molar refractivity (Wildman–Crippen MR) is 100.0 cm³/mol. The molecule has 1 amide bonds. The number of carbonyl (C=O) groups excluding carboxylic acids is 1. The van der Waals surface area contributed by atoms with Gasteiger partial charge in [-0.15, -0.1) is 0 Å². The molecule has 0 bridgehead atoms. The molecule has 27 heavy (non-hydrogen) atoms. The van der Waals surface area contributed by atoms with Gasteiger partial charge in [-0.3, -0.25) is 9.80 Å². The molecule has 4 rings (SSSR count). The van der Waals surface area contributed by atoms with Crippen LogP contribution in [0.2, 0.25) is 0 Å². The van der Waals surface area contributed by atoms with Crippen LogP contribution in [-0.4, -0.2) is 46.2 Å². The minimum atomic E-state index is -0.514. The van der Waals surface area contributed by atoms with Gasteiger partial charge in [0.05, 0.1) is 18.6 Å². The third-order valence-corrected chi connectivity index (χ3v) is 5.91. The van der Waals surface area contributed by atoms with Gasteiger partial charge in [0.15, 0.2) is 0 Å². The number of H-pyrrole nitrogens is 1. The maximum Gasteiger partial charge on any atom is 0.415 e. The fourth-order valence-electron chi connectivity index (χ4n) is 4.16. The summed E-state index contributed by atoms with van der Waals surface area (Å²) < 4.78 is 19.0. The fourth-order valence-corrected chi connectivity index (χ4v) is 4.16. The molecule has 2 saturated heterocycles. The number of benzene rings is 1. The van der Waals surface area contributed by atoms with Gasteiger partial charge >= 0.3 is 6.09 Å². The van der Waals surface area contributed by atoms with Crippen LogP contribution in [0.25, 0.3) is 0 Å². The average Bonchev–Trinajstić information content (AvgIpc) is 3.19. The summed E-state index contributed by atoms with van der Waals surface area (Å²) in [5.74, 6) is -0.00275. The standard InChI is InChI=1S/C20H25FN4O2/c1-14-18(23-13-22-14)11-24-9-7-15(8-10-24)20(2)12-25(19(26)27-20)17-5-3-16(21)4-6-17/h3-6,13,15H,7-12H2,1-2H3,(H,22,23). The molecule has 2 fully saturated rings. The number of nitrogens with zero attached hydrogens (tertiary/aromatic N) is 3. The lowest BCUT2D eigenvalue weighted by atomic mass is 9.81. The molecule has 2 aliphatic heterocycles. The molecule has 1 N–H and O–H groups in total. The van der Waals surface area contributed by atoms with Crippen LogP contribution in [0.3, 0.4) is 0 Å². The first-order valence-electron chi connectivity index (χ1n) is 9.42. The van der Waals surface area contributed by atoms with Crippen LogP contribution in [0.5, 0.6) is 0 Å². The second-order valence-corrected chi connectivity index (χ2v) is 7.77. The van der Waals surface area contributed by atoms with Crippen molar-refractivity contribution in [2.75, 3.05) is 24.5 Å². The van der Waals surface area contributed by atoms with Crippen LogP contribution in [0, 0.1) is 18.7 Å². The first-order chi connectivity index (χ1) is 12.9. The highest BCUT2D eigenvalue weighted by atomic mass is 19.1. The summed E-state index contributed by atoms with van der Waals surface area (Å²) in [6, 6.07) is 5.98. The lowest BCUT2D eigenvalue weighted by molar-refractivity contribution is -0.00692. The molecule has 2 aromatic rings. The van der Waals surface area contributed by atoms with E-state index in [0.29, 0.717) is 18.2 Å². The molecule has 1 aromatic heterocycles. The van der Waals surface area contributed by atoms with Gasteiger partial charge in [-0.25, -0.2) is 14.2 Å². The average molecular weight is 372 g/mol. The van der Waals surface area contributed by atoms with E-state index >= 15 is 0 Å². The second kappa shape index (κ2) is 6.96. The number of halogens is 1. The number of aryl methyl sites for hydroxylation is 1. The molecule has 0 spiro atoms. The van der Waals surface area contributed by atoms with Crippen molar-refractivity contribution < 1.29 is 13.9 Å². The number of rotatable bonds is 4. The van der Waals surface area contributed by atoms with Gasteiger partial charge in [-0.1, -0.05) is 0 Å². The van der Waals surface area contributed by atoms with Crippen molar-refractivity contribution in [3.63, 3.8) is 0 Å². The fraction of sp³-hybridized carbons (Fsp3) is 0.500. The lowest BCUT2D eigenvalue weighted by Crippen LogP contribution is -2.45. The number of imidazole rings is 1. The van der Waals surface area contributed by atoms with E-state index in [9.17, 15) is 9.18 Å². The summed E-state index contributed by atoms with van der Waals surface area (Å²) in [6.07, 6.45) is 3.34. The van der Waals surface area contributed by atoms with Crippen molar-refractivity contribution in [1.82, 2.24) is 14.9 Å². The second-order valence-electron chi connectivity index (χ2n) is 7.77. The van der Waals surface area contributed by atoms with E-state index in [1.54, 1.807) is 23.4 Å². The van der Waals surface area contributed by atoms with Gasteiger partial charge in [0.1, 0.15) is 11.4 Å². The van der Waals surface area contributed by atoms with Crippen LogP contribution in [-0.2, 0) is 11.3 Å². The molecule has 1 aromatic carbocycles. The first kappa shape index (κ1) is 18.0. The molecule has 144 valence electrons. The molecular formula is C20H25FN4O2. The summed E-state index contributed by atoms with van der Waals surface area (Å²) in [5.41, 5.74) is 2.37. The number of aromatic amines is 1. The van der Waals surface area contributed by atoms with E-state index in [2.05, 4.69) is 14.9 Å². The number of carbonyl (C=O) groups is 1. The number of hydrogen-bond donors (Lipinski definition) is 1. The van der Waals surface area contributed by atoms with Crippen LogP contribution >= 0.6 is 0 Å². The minimum Gasteiger partial charge on any atom is -0.441 e. The van der Waals surface area contributed by atoms with Gasteiger partial charge in [-0.05, 0) is 64.0 Å². The SMILES string of the molecule is Cc1[nH]cnc1CN1CCC(C2(C)CN(c3ccc(F)cc3)C(=O)O2)CC1. The Balaban J connectivity index is 1.38. The Kier molecular flexibility index (Phi) is 4.63. The largest absolute Gasteiger partial charge is 0.441 e. The van der Waals surface area contributed by atoms with Crippen molar-refractivity contribution in [1.29, 1.82) is 0 Å². The molecule has 1 atom stereocenters. The van der Waals surface area contributed by atoms with Crippen LogP contribution in [0.4, 0.5) is 14.9 Å². The number of hydrogen-bond acceptors (Lipinski definition) is 4. The van der Waals surface area contributed by atoms with E-state index in [4.69, 9.17) is 4.74 Å². The molecule has 2 aliphatic rings. The Morgan fingerprint density at radius 3 is 2.63 bits per heavy atom. The Labute approximate surface area is 158 Å². The van der Waals surface area contributed by atoms with Crippen LogP contribution in [0.1, 0.15) is 31.2 Å². The zero-order valence-corrected chi connectivity index (χ0v) is 15.7. The molecule has 0 radical (unpaired) electrons. The molecule has 6 nitrogen and oxygen atoms in total. The van der Waals surface area contributed by atoms with Crippen molar-refractivity contribution in [2.24, 2.45) is 5.92 Å². The normalized spacial score (nSPS) is 24.4. The van der Waals surface area contributed by atoms with E-state index in [1.165, 1.54) is 12.1 Å². The number of cyclic esters (lactones) is 1. The third kappa shape index (κ3) is 3.56. The van der Waals surface area contributed by atoms with E-state index in [-0.39, 0.29) is 11.9 Å². The highest BCUT2D eigenvalue weighted by molar-refractivity contribution is 5.90. The Morgan fingerprint density at radius 1 is 1.30 bits per heavy atom. The summed E-state index contributed by atoms with van der Waals surface area (Å²) in [7, 11) is 0. The number of ether oxygens (including phenoxy) is 1. The lowest BCUT2D eigenvalue weighted by Gasteiger charge is -2.38. The van der Waals surface area contributed by atoms with Gasteiger partial charge in [0.2, 0.25) is 0 Å². The number of aromatic nitrogens is 2. The van der Waals surface area contributed by atoms with Crippen LogP contribution < -0.4 is 4.90 Å². The first-order valence-corrected chi connectivity index (χ1v) is 9.42. The zero-order chi connectivity index (χ0) is 19.0. The Bertz CT molecular complexity index is 814. The summed E-state index contributed by atoms with van der Waals surface area (Å²) in [4.78, 5) is 23.9. The van der Waals surface area contributed by atoms with Gasteiger partial charge in [0, 0.05) is 23.8 Å². The molecule has 0 aliphatic carbocycles. The number of amides is 1. The zero-order valence-electron chi connectivity index (χ0n) is 15.7. The Morgan fingerprint density at radius 2 is 2.00 bits per heavy atom. The number of piperidine rings is 1. The van der Waals surface area contributed by atoms with Gasteiger partial charge in [-0.2, -0.15) is 0 Å². The van der Waals surface area contributed by atoms with Crippen molar-refractivity contribution >= 4 is 11.8 Å². The maximum atomic E-state index is 13.2. The quantitative estimate of drug-likeness (QED) is 0.893. The minimum absolute atomic E-state index is 0.309. The molecule has 3 heterocycles. The molecule has 1 unspecified atom stereocenters. The topological polar surface area (TPSA) is 61.5 Å². The summed E-state index contributed by atoms with van der Waals surface area (Å²) in [5, 5.41) is 0. The third-order valence-electron chi connectivity index (χ3n) is 5.91. The van der Waals surface area contributed by atoms with Crippen molar-refractivity contribution in [3.8, 4) is 0 Å². The summed E-state index contributed by atoms with van der Waals surface area (Å²) in [6.45, 7) is 7.33. The number of anilines is 1. The van der Waals surface area contributed by atoms with Gasteiger partial charge < -0.3 is 9.72 Å². The van der Waals surface area contributed by atoms with E-state index < -0.39 is 5.60 Å². The van der Waals surface area contributed by atoms with Crippen molar-refractivity contribution in [3.05, 3.63) is 47.8 Å². The molecule has 7 heteroatoms. The van der Waals surface area contributed by atoms with Gasteiger partial charge in [0.25, 0.3) is 0 Å². The van der Waals surface area contributed by atoms with E-state index in [0.717, 1.165) is 43.9 Å². The smallest absolute Gasteiger partial charge is 0.415 e. The highest BCUT2D eigenvalue weighted by Gasteiger charge is 2.48. The number of nitrogens with one attached hydrogen (secondary N) is 1.